The Morgan fingerprint density at radius 1 is 1.35 bits per heavy atom. The lowest BCUT2D eigenvalue weighted by Crippen LogP contribution is -2.23. The molecule has 0 saturated heterocycles. The van der Waals surface area contributed by atoms with Gasteiger partial charge in [-0.2, -0.15) is 4.98 Å². The molecule has 7 nitrogen and oxygen atoms in total. The zero-order valence-electron chi connectivity index (χ0n) is 14.7. The number of pyridine rings is 1. The first-order valence-electron chi connectivity index (χ1n) is 8.07. The van der Waals surface area contributed by atoms with E-state index < -0.39 is 11.4 Å². The van der Waals surface area contributed by atoms with Gasteiger partial charge < -0.3 is 15.2 Å². The monoisotopic (exact) mass is 358 g/mol. The Morgan fingerprint density at radius 3 is 2.81 bits per heavy atom. The number of fused-ring (bicyclic) bond motifs is 1. The Kier molecular flexibility index (Phi) is 4.85. The first-order chi connectivity index (χ1) is 12.4. The summed E-state index contributed by atoms with van der Waals surface area (Å²) in [6, 6.07) is 5.78. The van der Waals surface area contributed by atoms with E-state index in [1.165, 1.54) is 29.0 Å². The fourth-order valence-corrected chi connectivity index (χ4v) is 2.43. The van der Waals surface area contributed by atoms with Gasteiger partial charge in [-0.1, -0.05) is 6.07 Å². The Morgan fingerprint density at radius 2 is 2.12 bits per heavy atom. The van der Waals surface area contributed by atoms with Crippen LogP contribution in [0.15, 0.2) is 35.3 Å². The van der Waals surface area contributed by atoms with Crippen LogP contribution in [-0.4, -0.2) is 32.3 Å². The number of aromatic nitrogens is 3. The average Bonchev–Trinajstić information content (AvgIpc) is 2.62. The van der Waals surface area contributed by atoms with Crippen molar-refractivity contribution in [3.05, 3.63) is 52.2 Å². The van der Waals surface area contributed by atoms with E-state index in [0.717, 1.165) is 5.56 Å². The lowest BCUT2D eigenvalue weighted by Gasteiger charge is -2.13. The van der Waals surface area contributed by atoms with Crippen molar-refractivity contribution in [1.82, 2.24) is 14.5 Å². The molecule has 136 valence electrons. The van der Waals surface area contributed by atoms with Crippen LogP contribution in [0.25, 0.3) is 11.0 Å². The third-order valence-corrected chi connectivity index (χ3v) is 3.87. The van der Waals surface area contributed by atoms with Gasteiger partial charge >= 0.3 is 0 Å². The quantitative estimate of drug-likeness (QED) is 0.728. The van der Waals surface area contributed by atoms with E-state index in [0.29, 0.717) is 17.0 Å². The highest BCUT2D eigenvalue weighted by Gasteiger charge is 2.14. The minimum absolute atomic E-state index is 0.0178. The minimum Gasteiger partial charge on any atom is -0.448 e. The van der Waals surface area contributed by atoms with E-state index in [1.807, 2.05) is 0 Å². The molecule has 0 fully saturated rings. The molecule has 0 radical (unpaired) electrons. The first-order valence-corrected chi connectivity index (χ1v) is 8.07. The first kappa shape index (κ1) is 17.8. The molecule has 2 N–H and O–H groups in total. The maximum atomic E-state index is 14.0. The molecule has 1 aromatic carbocycles. The summed E-state index contributed by atoms with van der Waals surface area (Å²) in [5.41, 5.74) is 0.707. The van der Waals surface area contributed by atoms with Gasteiger partial charge in [0.05, 0.1) is 6.61 Å². The SMILES string of the molecule is Cc1ccc(Oc2cc3cnc(N[C@H](C)CO)nc3n(C)c2=O)c(F)c1. The Hall–Kier alpha value is -3.00. The van der Waals surface area contributed by atoms with Crippen molar-refractivity contribution < 1.29 is 14.2 Å². The molecule has 0 amide bonds. The van der Waals surface area contributed by atoms with Crippen LogP contribution in [-0.2, 0) is 7.05 Å². The van der Waals surface area contributed by atoms with Crippen molar-refractivity contribution in [3.63, 3.8) is 0 Å². The maximum absolute atomic E-state index is 14.0. The molecule has 2 aromatic heterocycles. The second kappa shape index (κ2) is 7.09. The molecular weight excluding hydrogens is 339 g/mol. The van der Waals surface area contributed by atoms with E-state index in [-0.39, 0.29) is 24.1 Å². The number of aliphatic hydroxyl groups is 1. The molecule has 0 saturated carbocycles. The standard InChI is InChI=1S/C18H19FN4O3/c1-10-4-5-14(13(19)6-10)26-15-7-12-8-20-18(21-11(2)9-24)22-16(12)23(3)17(15)25/h4-8,11,24H,9H2,1-3H3,(H,20,21,22)/t11-/m1/s1. The number of halogens is 1. The molecule has 0 bridgehead atoms. The number of ether oxygens (including phenoxy) is 1. The van der Waals surface area contributed by atoms with Gasteiger partial charge in [-0.05, 0) is 37.6 Å². The van der Waals surface area contributed by atoms with Crippen molar-refractivity contribution >= 4 is 17.0 Å². The number of nitrogens with zero attached hydrogens (tertiary/aromatic N) is 3. The average molecular weight is 358 g/mol. The number of nitrogens with one attached hydrogen (secondary N) is 1. The lowest BCUT2D eigenvalue weighted by molar-refractivity contribution is 0.281. The van der Waals surface area contributed by atoms with Crippen molar-refractivity contribution in [1.29, 1.82) is 0 Å². The summed E-state index contributed by atoms with van der Waals surface area (Å²) >= 11 is 0. The zero-order chi connectivity index (χ0) is 18.8. The summed E-state index contributed by atoms with van der Waals surface area (Å²) in [6.45, 7) is 3.47. The van der Waals surface area contributed by atoms with Gasteiger partial charge in [-0.15, -0.1) is 0 Å². The van der Waals surface area contributed by atoms with E-state index in [1.54, 1.807) is 27.0 Å². The minimum atomic E-state index is -0.541. The van der Waals surface area contributed by atoms with Crippen molar-refractivity contribution in [2.75, 3.05) is 11.9 Å². The third kappa shape index (κ3) is 3.50. The predicted octanol–water partition coefficient (Wildman–Crippen LogP) is 2.36. The maximum Gasteiger partial charge on any atom is 0.294 e. The van der Waals surface area contributed by atoms with Gasteiger partial charge in [-0.25, -0.2) is 9.37 Å². The second-order valence-electron chi connectivity index (χ2n) is 6.11. The lowest BCUT2D eigenvalue weighted by atomic mass is 10.2. The molecule has 0 aliphatic carbocycles. The molecule has 0 aliphatic heterocycles. The number of hydrogen-bond acceptors (Lipinski definition) is 6. The van der Waals surface area contributed by atoms with E-state index in [2.05, 4.69) is 15.3 Å². The van der Waals surface area contributed by atoms with Crippen molar-refractivity contribution in [3.8, 4) is 11.5 Å². The largest absolute Gasteiger partial charge is 0.448 e. The molecule has 0 unspecified atom stereocenters. The topological polar surface area (TPSA) is 89.3 Å². The summed E-state index contributed by atoms with van der Waals surface area (Å²) in [5.74, 6) is -0.285. The number of anilines is 1. The van der Waals surface area contributed by atoms with Crippen LogP contribution in [0.1, 0.15) is 12.5 Å². The predicted molar refractivity (Wildman–Crippen MR) is 96.2 cm³/mol. The van der Waals surface area contributed by atoms with Crippen LogP contribution in [0.4, 0.5) is 10.3 Å². The fraction of sp³-hybridized carbons (Fsp3) is 0.278. The highest BCUT2D eigenvalue weighted by molar-refractivity contribution is 5.76. The van der Waals surface area contributed by atoms with Gasteiger partial charge in [0.2, 0.25) is 5.95 Å². The van der Waals surface area contributed by atoms with Gasteiger partial charge in [-0.3, -0.25) is 9.36 Å². The van der Waals surface area contributed by atoms with Crippen LogP contribution in [0.5, 0.6) is 11.5 Å². The number of aryl methyl sites for hydroxylation is 2. The number of benzene rings is 1. The smallest absolute Gasteiger partial charge is 0.294 e. The molecule has 1 atom stereocenters. The van der Waals surface area contributed by atoms with E-state index in [9.17, 15) is 9.18 Å². The molecule has 2 heterocycles. The number of rotatable bonds is 5. The van der Waals surface area contributed by atoms with Crippen LogP contribution >= 0.6 is 0 Å². The number of aliphatic hydroxyl groups excluding tert-OH is 1. The molecule has 3 aromatic rings. The zero-order valence-corrected chi connectivity index (χ0v) is 14.7. The molecule has 8 heteroatoms. The molecular formula is C18H19FN4O3. The van der Waals surface area contributed by atoms with Gasteiger partial charge in [0.25, 0.3) is 5.56 Å². The normalized spacial score (nSPS) is 12.2. The molecule has 26 heavy (non-hydrogen) atoms. The Labute approximate surface area is 149 Å². The van der Waals surface area contributed by atoms with Gasteiger partial charge in [0, 0.05) is 24.7 Å². The summed E-state index contributed by atoms with van der Waals surface area (Å²) in [5, 5.41) is 12.6. The van der Waals surface area contributed by atoms with Gasteiger partial charge in [0.1, 0.15) is 5.65 Å². The van der Waals surface area contributed by atoms with Gasteiger partial charge in [0.15, 0.2) is 17.3 Å². The summed E-state index contributed by atoms with van der Waals surface area (Å²) < 4.78 is 20.8. The fourth-order valence-electron chi connectivity index (χ4n) is 2.43. The third-order valence-electron chi connectivity index (χ3n) is 3.87. The van der Waals surface area contributed by atoms with Crippen LogP contribution in [0.3, 0.4) is 0 Å². The molecule has 0 spiro atoms. The highest BCUT2D eigenvalue weighted by Crippen LogP contribution is 2.25. The van der Waals surface area contributed by atoms with Crippen molar-refractivity contribution in [2.45, 2.75) is 19.9 Å². The van der Waals surface area contributed by atoms with E-state index >= 15 is 0 Å². The van der Waals surface area contributed by atoms with E-state index in [4.69, 9.17) is 9.84 Å². The highest BCUT2D eigenvalue weighted by atomic mass is 19.1. The summed E-state index contributed by atoms with van der Waals surface area (Å²) in [7, 11) is 1.55. The van der Waals surface area contributed by atoms with Crippen LogP contribution < -0.4 is 15.6 Å². The summed E-state index contributed by atoms with van der Waals surface area (Å²) in [6.07, 6.45) is 1.53. The second-order valence-corrected chi connectivity index (χ2v) is 6.11. The Balaban J connectivity index is 2.02. The number of hydrogen-bond donors (Lipinski definition) is 2. The molecule has 3 rings (SSSR count). The molecule has 0 aliphatic rings. The summed E-state index contributed by atoms with van der Waals surface area (Å²) in [4.78, 5) is 21.0. The Bertz CT molecular complexity index is 1020. The van der Waals surface area contributed by atoms with Crippen molar-refractivity contribution in [2.24, 2.45) is 7.05 Å². The van der Waals surface area contributed by atoms with Crippen LogP contribution in [0, 0.1) is 12.7 Å². The van der Waals surface area contributed by atoms with Crippen LogP contribution in [0.2, 0.25) is 0 Å².